The van der Waals surface area contributed by atoms with Gasteiger partial charge in [0.2, 0.25) is 0 Å². The molecular formula is C39H46N2O4. The number of nitrogens with one attached hydrogen (secondary N) is 1. The number of benzene rings is 4. The van der Waals surface area contributed by atoms with E-state index >= 15 is 0 Å². The van der Waals surface area contributed by atoms with Crippen molar-refractivity contribution >= 4 is 0 Å². The zero-order valence-electron chi connectivity index (χ0n) is 26.1. The molecule has 2 saturated heterocycles. The van der Waals surface area contributed by atoms with Crippen LogP contribution in [0.3, 0.4) is 0 Å². The number of rotatable bonds is 15. The maximum Gasteiger partial charge on any atom is 0.113 e. The molecule has 0 aromatic heterocycles. The van der Waals surface area contributed by atoms with Crippen LogP contribution in [-0.4, -0.2) is 62.0 Å². The summed E-state index contributed by atoms with van der Waals surface area (Å²) in [6.45, 7) is 6.45. The number of ether oxygens (including phenoxy) is 4. The van der Waals surface area contributed by atoms with Crippen molar-refractivity contribution in [2.24, 2.45) is 5.92 Å². The van der Waals surface area contributed by atoms with Crippen LogP contribution in [0.25, 0.3) is 0 Å². The first-order chi connectivity index (χ1) is 22.3. The molecule has 1 N–H and O–H groups in total. The molecule has 0 amide bonds. The zero-order chi connectivity index (χ0) is 30.5. The summed E-state index contributed by atoms with van der Waals surface area (Å²) in [5, 5.41) is 3.56. The molecule has 2 aliphatic rings. The molecule has 2 aliphatic heterocycles. The lowest BCUT2D eigenvalue weighted by atomic mass is 9.91. The quantitative estimate of drug-likeness (QED) is 0.173. The van der Waals surface area contributed by atoms with Crippen LogP contribution in [0.4, 0.5) is 0 Å². The van der Waals surface area contributed by atoms with Crippen LogP contribution in [0.2, 0.25) is 0 Å². The largest absolute Gasteiger partial charge is 0.375 e. The molecule has 4 aromatic carbocycles. The van der Waals surface area contributed by atoms with Crippen LogP contribution in [0, 0.1) is 5.92 Å². The maximum absolute atomic E-state index is 6.92. The molecule has 0 bridgehead atoms. The second kappa shape index (κ2) is 16.8. The highest BCUT2D eigenvalue weighted by Gasteiger charge is 2.46. The minimum Gasteiger partial charge on any atom is -0.375 e. The van der Waals surface area contributed by atoms with Gasteiger partial charge in [0, 0.05) is 13.1 Å². The first-order valence-electron chi connectivity index (χ1n) is 16.3. The van der Waals surface area contributed by atoms with Crippen molar-refractivity contribution < 1.29 is 18.9 Å². The predicted molar refractivity (Wildman–Crippen MR) is 177 cm³/mol. The summed E-state index contributed by atoms with van der Waals surface area (Å²) >= 11 is 0. The van der Waals surface area contributed by atoms with Crippen molar-refractivity contribution in [3.05, 3.63) is 144 Å². The van der Waals surface area contributed by atoms with Crippen LogP contribution in [0.5, 0.6) is 0 Å². The van der Waals surface area contributed by atoms with E-state index in [1.54, 1.807) is 0 Å². The van der Waals surface area contributed by atoms with Crippen LogP contribution in [-0.2, 0) is 45.4 Å². The van der Waals surface area contributed by atoms with Crippen LogP contribution in [0.15, 0.2) is 121 Å². The van der Waals surface area contributed by atoms with Crippen LogP contribution < -0.4 is 5.32 Å². The van der Waals surface area contributed by atoms with Gasteiger partial charge in [-0.2, -0.15) is 0 Å². The summed E-state index contributed by atoms with van der Waals surface area (Å²) in [6, 6.07) is 41.6. The second-order valence-electron chi connectivity index (χ2n) is 12.2. The summed E-state index contributed by atoms with van der Waals surface area (Å²) < 4.78 is 27.0. The highest BCUT2D eigenvalue weighted by Crippen LogP contribution is 2.30. The first kappa shape index (κ1) is 31.6. The number of hydrogen-bond donors (Lipinski definition) is 1. The number of hydrogen-bond acceptors (Lipinski definition) is 6. The third-order valence-electron chi connectivity index (χ3n) is 8.89. The molecule has 6 rings (SSSR count). The summed E-state index contributed by atoms with van der Waals surface area (Å²) in [5.74, 6) is 0.577. The Hall–Kier alpha value is -3.36. The molecular weight excluding hydrogens is 560 g/mol. The fraction of sp³-hybridized carbons (Fsp3) is 0.385. The molecule has 0 aliphatic carbocycles. The lowest BCUT2D eigenvalue weighted by Gasteiger charge is -2.49. The van der Waals surface area contributed by atoms with Crippen molar-refractivity contribution in [3.63, 3.8) is 0 Å². The van der Waals surface area contributed by atoms with Gasteiger partial charge < -0.3 is 24.3 Å². The Morgan fingerprint density at radius 3 is 1.58 bits per heavy atom. The normalized spacial score (nSPS) is 23.7. The van der Waals surface area contributed by atoms with Crippen LogP contribution >= 0.6 is 0 Å². The predicted octanol–water partition coefficient (Wildman–Crippen LogP) is 6.25. The Bertz CT molecular complexity index is 1370. The Kier molecular flexibility index (Phi) is 11.8. The minimum atomic E-state index is -0.277. The Morgan fingerprint density at radius 1 is 0.578 bits per heavy atom. The molecule has 6 nitrogen and oxygen atoms in total. The topological polar surface area (TPSA) is 52.2 Å². The van der Waals surface area contributed by atoms with E-state index in [4.69, 9.17) is 18.9 Å². The maximum atomic E-state index is 6.92. The minimum absolute atomic E-state index is 0.00960. The lowest BCUT2D eigenvalue weighted by Crippen LogP contribution is -2.65. The highest BCUT2D eigenvalue weighted by molar-refractivity contribution is 5.16. The van der Waals surface area contributed by atoms with Crippen LogP contribution in [0.1, 0.15) is 28.7 Å². The lowest BCUT2D eigenvalue weighted by molar-refractivity contribution is -0.211. The Balaban J connectivity index is 1.28. The van der Waals surface area contributed by atoms with Crippen molar-refractivity contribution in [1.29, 1.82) is 0 Å². The fourth-order valence-corrected chi connectivity index (χ4v) is 6.46. The van der Waals surface area contributed by atoms with E-state index in [2.05, 4.69) is 107 Å². The van der Waals surface area contributed by atoms with Gasteiger partial charge in [-0.1, -0.05) is 121 Å². The molecule has 0 saturated carbocycles. The summed E-state index contributed by atoms with van der Waals surface area (Å²) in [5.41, 5.74) is 4.60. The molecule has 2 fully saturated rings. The fourth-order valence-electron chi connectivity index (χ4n) is 6.46. The molecule has 236 valence electrons. The van der Waals surface area contributed by atoms with E-state index in [0.29, 0.717) is 39.0 Å². The van der Waals surface area contributed by atoms with E-state index in [-0.39, 0.29) is 24.4 Å². The Morgan fingerprint density at radius 2 is 1.07 bits per heavy atom. The third-order valence-corrected chi connectivity index (χ3v) is 8.89. The van der Waals surface area contributed by atoms with Gasteiger partial charge in [-0.3, -0.25) is 4.90 Å². The van der Waals surface area contributed by atoms with Gasteiger partial charge in [0.15, 0.2) is 0 Å². The molecule has 5 atom stereocenters. The van der Waals surface area contributed by atoms with E-state index in [0.717, 1.165) is 42.9 Å². The second-order valence-corrected chi connectivity index (χ2v) is 12.2. The zero-order valence-corrected chi connectivity index (χ0v) is 26.1. The van der Waals surface area contributed by atoms with E-state index in [9.17, 15) is 0 Å². The van der Waals surface area contributed by atoms with Gasteiger partial charge >= 0.3 is 0 Å². The third kappa shape index (κ3) is 9.33. The van der Waals surface area contributed by atoms with Gasteiger partial charge in [-0.15, -0.1) is 0 Å². The molecule has 0 radical (unpaired) electrons. The van der Waals surface area contributed by atoms with Gasteiger partial charge in [-0.05, 0) is 47.7 Å². The molecule has 0 unspecified atom stereocenters. The highest BCUT2D eigenvalue weighted by atomic mass is 16.6. The van der Waals surface area contributed by atoms with Gasteiger partial charge in [0.05, 0.1) is 45.2 Å². The summed E-state index contributed by atoms with van der Waals surface area (Å²) in [4.78, 5) is 2.57. The van der Waals surface area contributed by atoms with E-state index < -0.39 is 0 Å². The smallest absolute Gasteiger partial charge is 0.113 e. The number of likely N-dealkylation sites (tertiary alicyclic amines) is 1. The van der Waals surface area contributed by atoms with Crippen molar-refractivity contribution in [1.82, 2.24) is 10.2 Å². The Labute approximate surface area is 268 Å². The summed E-state index contributed by atoms with van der Waals surface area (Å²) in [7, 11) is 0. The molecule has 0 spiro atoms. The van der Waals surface area contributed by atoms with Crippen molar-refractivity contribution in [3.8, 4) is 0 Å². The molecule has 6 heteroatoms. The van der Waals surface area contributed by atoms with Gasteiger partial charge in [0.25, 0.3) is 0 Å². The number of piperidine rings is 1. The standard InChI is InChI=1S/C39H46N2O4/c1-5-13-31(14-6-1)26-42-30-36-38(44-28-33-17-9-3-10-18-33)39(45-29-34-19-11-4-12-20-34)37(43-27-32-15-7-2-8-16-32)25-41(36)24-35-21-22-40-23-35/h1-20,35-40H,21-30H2/t35-,36+,37+,38-,39-/m1/s1. The molecule has 2 heterocycles. The van der Waals surface area contributed by atoms with Gasteiger partial charge in [-0.25, -0.2) is 0 Å². The van der Waals surface area contributed by atoms with E-state index in [1.807, 2.05) is 24.3 Å². The average molecular weight is 607 g/mol. The number of nitrogens with zero attached hydrogens (tertiary/aromatic N) is 1. The summed E-state index contributed by atoms with van der Waals surface area (Å²) in [6.07, 6.45) is 0.469. The average Bonchev–Trinajstić information content (AvgIpc) is 3.61. The van der Waals surface area contributed by atoms with Crippen molar-refractivity contribution in [2.75, 3.05) is 32.8 Å². The SMILES string of the molecule is c1ccc(COC[C@H]2[C@@H](OCc3ccccc3)[C@H](OCc3ccccc3)[C@@H](OCc3ccccc3)CN2C[C@@H]2CCNC2)cc1. The molecule has 45 heavy (non-hydrogen) atoms. The molecule has 4 aromatic rings. The van der Waals surface area contributed by atoms with Gasteiger partial charge in [0.1, 0.15) is 12.2 Å². The monoisotopic (exact) mass is 606 g/mol. The van der Waals surface area contributed by atoms with Crippen molar-refractivity contribution in [2.45, 2.75) is 57.2 Å². The van der Waals surface area contributed by atoms with E-state index in [1.165, 1.54) is 12.0 Å². The first-order valence-corrected chi connectivity index (χ1v) is 16.3.